The Balaban J connectivity index is 1.47. The van der Waals surface area contributed by atoms with Crippen molar-refractivity contribution in [2.24, 2.45) is 0 Å². The van der Waals surface area contributed by atoms with E-state index in [2.05, 4.69) is 20.9 Å². The molecule has 0 saturated carbocycles. The fraction of sp³-hybridized carbons (Fsp3) is 0.111. The first-order valence-corrected chi connectivity index (χ1v) is 8.88. The molecule has 0 bridgehead atoms. The van der Waals surface area contributed by atoms with Crippen molar-refractivity contribution in [3.05, 3.63) is 53.8 Å². The number of nitrogens with one attached hydrogen (secondary N) is 3. The Labute approximate surface area is 156 Å². The summed E-state index contributed by atoms with van der Waals surface area (Å²) < 4.78 is 13.9. The summed E-state index contributed by atoms with van der Waals surface area (Å²) in [6, 6.07) is 9.73. The summed E-state index contributed by atoms with van der Waals surface area (Å²) in [5.74, 6) is -1.78. The van der Waals surface area contributed by atoms with E-state index in [1.807, 2.05) is 0 Å². The molecular formula is C18H13FN4O3S. The third-order valence-corrected chi connectivity index (χ3v) is 4.97. The number of carbonyl (C=O) groups excluding carboxylic acids is 3. The Morgan fingerprint density at radius 1 is 1.22 bits per heavy atom. The number of fused-ring (bicyclic) bond motifs is 2. The average molecular weight is 384 g/mol. The van der Waals surface area contributed by atoms with E-state index in [1.54, 1.807) is 24.3 Å². The third kappa shape index (κ3) is 3.49. The molecule has 1 aliphatic rings. The summed E-state index contributed by atoms with van der Waals surface area (Å²) in [5.41, 5.74) is 1.30. The smallest absolute Gasteiger partial charge is 0.254 e. The molecule has 0 fully saturated rings. The minimum atomic E-state index is -1.02. The molecule has 2 heterocycles. The van der Waals surface area contributed by atoms with Crippen LogP contribution >= 0.6 is 11.3 Å². The van der Waals surface area contributed by atoms with E-state index >= 15 is 0 Å². The highest BCUT2D eigenvalue weighted by Crippen LogP contribution is 2.26. The van der Waals surface area contributed by atoms with E-state index in [9.17, 15) is 18.8 Å². The molecule has 3 N–H and O–H groups in total. The number of hydrogen-bond donors (Lipinski definition) is 3. The lowest BCUT2D eigenvalue weighted by Crippen LogP contribution is -2.43. The van der Waals surface area contributed by atoms with Gasteiger partial charge in [-0.1, -0.05) is 23.5 Å². The minimum Gasteiger partial charge on any atom is -0.340 e. The predicted octanol–water partition coefficient (Wildman–Crippen LogP) is 2.51. The highest BCUT2D eigenvalue weighted by Gasteiger charge is 2.29. The molecule has 4 rings (SSSR count). The van der Waals surface area contributed by atoms with Crippen LogP contribution in [0.1, 0.15) is 16.8 Å². The summed E-state index contributed by atoms with van der Waals surface area (Å²) in [7, 11) is 0. The zero-order valence-corrected chi connectivity index (χ0v) is 14.6. The summed E-state index contributed by atoms with van der Waals surface area (Å²) in [6.07, 6.45) is -0.254. The second-order valence-corrected chi connectivity index (χ2v) is 6.97. The van der Waals surface area contributed by atoms with Gasteiger partial charge in [0, 0.05) is 0 Å². The zero-order chi connectivity index (χ0) is 19.0. The number of amides is 3. The zero-order valence-electron chi connectivity index (χ0n) is 13.8. The lowest BCUT2D eigenvalue weighted by atomic mass is 10.1. The van der Waals surface area contributed by atoms with Gasteiger partial charge in [-0.2, -0.15) is 0 Å². The molecule has 0 saturated heterocycles. The number of para-hydroxylation sites is 1. The SMILES string of the molecule is O=C(C[C@@H]1NC(=O)c2ccccc2NC1=O)Nc1nc2ccc(F)cc2s1. The van der Waals surface area contributed by atoms with E-state index in [4.69, 9.17) is 0 Å². The molecule has 2 aromatic carbocycles. The van der Waals surface area contributed by atoms with E-state index in [0.717, 1.165) is 11.3 Å². The Hall–Kier alpha value is -3.33. The van der Waals surface area contributed by atoms with Crippen molar-refractivity contribution in [1.82, 2.24) is 10.3 Å². The second-order valence-electron chi connectivity index (χ2n) is 5.94. The molecule has 1 aliphatic heterocycles. The summed E-state index contributed by atoms with van der Waals surface area (Å²) >= 11 is 1.13. The van der Waals surface area contributed by atoms with Crippen LogP contribution in [-0.2, 0) is 9.59 Å². The van der Waals surface area contributed by atoms with E-state index in [0.29, 0.717) is 26.6 Å². The van der Waals surface area contributed by atoms with Crippen molar-refractivity contribution in [3.8, 4) is 0 Å². The first kappa shape index (κ1) is 17.1. The first-order chi connectivity index (χ1) is 13.0. The number of anilines is 2. The maximum Gasteiger partial charge on any atom is 0.254 e. The molecule has 1 aromatic heterocycles. The third-order valence-electron chi connectivity index (χ3n) is 4.04. The molecule has 9 heteroatoms. The number of aromatic nitrogens is 1. The number of benzene rings is 2. The molecule has 0 aliphatic carbocycles. The molecule has 27 heavy (non-hydrogen) atoms. The molecule has 0 spiro atoms. The van der Waals surface area contributed by atoms with Gasteiger partial charge >= 0.3 is 0 Å². The predicted molar refractivity (Wildman–Crippen MR) is 99.2 cm³/mol. The van der Waals surface area contributed by atoms with Crippen molar-refractivity contribution in [1.29, 1.82) is 0 Å². The lowest BCUT2D eigenvalue weighted by Gasteiger charge is -2.13. The van der Waals surface area contributed by atoms with Gasteiger partial charge in [0.25, 0.3) is 5.91 Å². The van der Waals surface area contributed by atoms with Gasteiger partial charge in [-0.15, -0.1) is 0 Å². The van der Waals surface area contributed by atoms with Crippen LogP contribution in [-0.4, -0.2) is 28.7 Å². The van der Waals surface area contributed by atoms with Crippen LogP contribution in [0.15, 0.2) is 42.5 Å². The van der Waals surface area contributed by atoms with E-state index < -0.39 is 23.8 Å². The van der Waals surface area contributed by atoms with Gasteiger partial charge in [-0.3, -0.25) is 14.4 Å². The van der Waals surface area contributed by atoms with Gasteiger partial charge in [-0.05, 0) is 30.3 Å². The number of rotatable bonds is 3. The van der Waals surface area contributed by atoms with Gasteiger partial charge in [-0.25, -0.2) is 9.37 Å². The molecule has 0 radical (unpaired) electrons. The van der Waals surface area contributed by atoms with Crippen LogP contribution in [0.4, 0.5) is 15.2 Å². The average Bonchev–Trinajstić information content (AvgIpc) is 2.97. The van der Waals surface area contributed by atoms with Gasteiger partial charge in [0.1, 0.15) is 11.9 Å². The summed E-state index contributed by atoms with van der Waals surface area (Å²) in [6.45, 7) is 0. The Morgan fingerprint density at radius 2 is 2.04 bits per heavy atom. The molecular weight excluding hydrogens is 371 g/mol. The fourth-order valence-electron chi connectivity index (χ4n) is 2.76. The van der Waals surface area contributed by atoms with Gasteiger partial charge in [0.15, 0.2) is 5.13 Å². The second kappa shape index (κ2) is 6.76. The number of hydrogen-bond acceptors (Lipinski definition) is 5. The van der Waals surface area contributed by atoms with Crippen molar-refractivity contribution in [2.45, 2.75) is 12.5 Å². The number of halogens is 1. The molecule has 1 atom stereocenters. The van der Waals surface area contributed by atoms with Gasteiger partial charge in [0.2, 0.25) is 11.8 Å². The van der Waals surface area contributed by atoms with Gasteiger partial charge in [0.05, 0.1) is 27.9 Å². The molecule has 7 nitrogen and oxygen atoms in total. The highest BCUT2D eigenvalue weighted by molar-refractivity contribution is 7.22. The molecule has 0 unspecified atom stereocenters. The highest BCUT2D eigenvalue weighted by atomic mass is 32.1. The van der Waals surface area contributed by atoms with Crippen molar-refractivity contribution >= 4 is 50.1 Å². The first-order valence-electron chi connectivity index (χ1n) is 8.06. The lowest BCUT2D eigenvalue weighted by molar-refractivity contribution is -0.122. The Kier molecular flexibility index (Phi) is 4.28. The van der Waals surface area contributed by atoms with Crippen molar-refractivity contribution in [3.63, 3.8) is 0 Å². The van der Waals surface area contributed by atoms with E-state index in [-0.39, 0.29) is 12.2 Å². The Morgan fingerprint density at radius 3 is 2.89 bits per heavy atom. The maximum absolute atomic E-state index is 13.3. The van der Waals surface area contributed by atoms with Crippen molar-refractivity contribution in [2.75, 3.05) is 10.6 Å². The number of carbonyl (C=O) groups is 3. The Bertz CT molecular complexity index is 1080. The fourth-order valence-corrected chi connectivity index (χ4v) is 3.67. The largest absolute Gasteiger partial charge is 0.340 e. The summed E-state index contributed by atoms with van der Waals surface area (Å²) in [4.78, 5) is 41.1. The minimum absolute atomic E-state index is 0.254. The van der Waals surface area contributed by atoms with E-state index in [1.165, 1.54) is 18.2 Å². The topological polar surface area (TPSA) is 100 Å². The van der Waals surface area contributed by atoms with Crippen molar-refractivity contribution < 1.29 is 18.8 Å². The van der Waals surface area contributed by atoms with Crippen LogP contribution in [0.25, 0.3) is 10.2 Å². The molecule has 3 amide bonds. The monoisotopic (exact) mass is 384 g/mol. The van der Waals surface area contributed by atoms with Crippen LogP contribution in [0.5, 0.6) is 0 Å². The van der Waals surface area contributed by atoms with Crippen LogP contribution in [0, 0.1) is 5.82 Å². The quantitative estimate of drug-likeness (QED) is 0.646. The molecule has 136 valence electrons. The summed E-state index contributed by atoms with van der Waals surface area (Å²) in [5, 5.41) is 8.09. The maximum atomic E-state index is 13.3. The number of nitrogens with zero attached hydrogens (tertiary/aromatic N) is 1. The number of thiazole rings is 1. The van der Waals surface area contributed by atoms with Crippen LogP contribution in [0.3, 0.4) is 0 Å². The standard InChI is InChI=1S/C18H13FN4O3S/c19-9-5-6-12-14(7-9)27-18(22-12)23-15(24)8-13-17(26)20-11-4-2-1-3-10(11)16(25)21-13/h1-7,13H,8H2,(H,20,26)(H,21,25)(H,22,23,24)/t13-/m0/s1. The van der Waals surface area contributed by atoms with Crippen LogP contribution < -0.4 is 16.0 Å². The normalized spacial score (nSPS) is 16.3. The van der Waals surface area contributed by atoms with Crippen LogP contribution in [0.2, 0.25) is 0 Å². The molecule has 3 aromatic rings. The van der Waals surface area contributed by atoms with Gasteiger partial charge < -0.3 is 16.0 Å².